The van der Waals surface area contributed by atoms with Gasteiger partial charge in [0.1, 0.15) is 12.7 Å². The Morgan fingerprint density at radius 2 is 1.81 bits per heavy atom. The molecule has 0 saturated heterocycles. The predicted molar refractivity (Wildman–Crippen MR) is 87.0 cm³/mol. The van der Waals surface area contributed by atoms with Gasteiger partial charge in [0.2, 0.25) is 0 Å². The molecule has 0 radical (unpaired) electrons. The second-order valence-corrected chi connectivity index (χ2v) is 5.30. The third-order valence-corrected chi connectivity index (χ3v) is 3.17. The first kappa shape index (κ1) is 24.1. The molecule has 0 aromatic carbocycles. The Kier molecular flexibility index (Phi) is 13.7. The summed E-state index contributed by atoms with van der Waals surface area (Å²) in [5, 5.41) is 20.8. The lowest BCUT2D eigenvalue weighted by Crippen LogP contribution is -2.27. The third-order valence-electron chi connectivity index (χ3n) is 3.17. The zero-order valence-corrected chi connectivity index (χ0v) is 14.7. The summed E-state index contributed by atoms with van der Waals surface area (Å²) in [5.74, 6) is 0. The number of carbonyl (C=O) groups is 2. The Labute approximate surface area is 154 Å². The van der Waals surface area contributed by atoms with Crippen LogP contribution in [-0.2, 0) is 23.9 Å². The summed E-state index contributed by atoms with van der Waals surface area (Å²) in [7, 11) is 0. The highest BCUT2D eigenvalue weighted by Crippen LogP contribution is 2.07. The highest BCUT2D eigenvalue weighted by atomic mass is 17.0. The number of hydrogen-bond acceptors (Lipinski definition) is 11. The van der Waals surface area contributed by atoms with Gasteiger partial charge in [-0.25, -0.2) is 4.79 Å². The first-order valence-corrected chi connectivity index (χ1v) is 8.19. The minimum atomic E-state index is -1.08. The van der Waals surface area contributed by atoms with Crippen LogP contribution in [0.5, 0.6) is 0 Å². The number of hydrogen-bond donors (Lipinski definition) is 2. The van der Waals surface area contributed by atoms with E-state index in [0.29, 0.717) is 38.6 Å². The average Bonchev–Trinajstić information content (AvgIpc) is 2.58. The fraction of sp³-hybridized carbons (Fsp3) is 0.846. The van der Waals surface area contributed by atoms with E-state index in [9.17, 15) is 29.8 Å². The minimum absolute atomic E-state index is 0.0746. The quantitative estimate of drug-likeness (QED) is 0.113. The smallest absolute Gasteiger partial charge is 0.407 e. The molecule has 2 atom stereocenters. The molecule has 14 heteroatoms. The first-order valence-electron chi connectivity index (χ1n) is 8.19. The predicted octanol–water partition coefficient (Wildman–Crippen LogP) is 0.296. The van der Waals surface area contributed by atoms with Gasteiger partial charge in [0.05, 0.1) is 6.61 Å². The molecule has 14 nitrogen and oxygen atoms in total. The van der Waals surface area contributed by atoms with Crippen LogP contribution in [-0.4, -0.2) is 54.8 Å². The van der Waals surface area contributed by atoms with E-state index in [4.69, 9.17) is 10.5 Å². The van der Waals surface area contributed by atoms with Gasteiger partial charge in [0.25, 0.3) is 16.6 Å². The van der Waals surface area contributed by atoms with E-state index in [1.165, 1.54) is 0 Å². The summed E-state index contributed by atoms with van der Waals surface area (Å²) in [5.41, 5.74) is 5.45. The van der Waals surface area contributed by atoms with Crippen molar-refractivity contribution in [2.45, 2.75) is 50.9 Å². The van der Waals surface area contributed by atoms with E-state index in [2.05, 4.69) is 19.7 Å². The van der Waals surface area contributed by atoms with Crippen molar-refractivity contribution in [1.29, 1.82) is 0 Å². The van der Waals surface area contributed by atoms with Crippen molar-refractivity contribution in [1.82, 2.24) is 5.32 Å². The zero-order valence-electron chi connectivity index (χ0n) is 14.7. The molecule has 0 heterocycles. The molecule has 3 N–H and O–H groups in total. The Morgan fingerprint density at radius 3 is 2.44 bits per heavy atom. The number of nitrogens with zero attached hydrogens (tertiary/aromatic N) is 2. The van der Waals surface area contributed by atoms with Gasteiger partial charge in [-0.1, -0.05) is 0 Å². The molecule has 27 heavy (non-hydrogen) atoms. The normalized spacial score (nSPS) is 12.3. The number of ether oxygens (including phenoxy) is 2. The summed E-state index contributed by atoms with van der Waals surface area (Å²) in [6.45, 7) is 0.160. The molecule has 0 rings (SSSR count). The van der Waals surface area contributed by atoms with Gasteiger partial charge in [-0.05, 0) is 38.5 Å². The van der Waals surface area contributed by atoms with Crippen molar-refractivity contribution >= 4 is 12.6 Å². The van der Waals surface area contributed by atoms with Crippen LogP contribution in [0.3, 0.4) is 0 Å². The number of nitrogens with two attached hydrogens (primary N) is 1. The molecular weight excluding hydrogens is 372 g/mol. The maximum atomic E-state index is 11.4. The van der Waals surface area contributed by atoms with Gasteiger partial charge in [0.15, 0.2) is 6.23 Å². The lowest BCUT2D eigenvalue weighted by molar-refractivity contribution is -0.790. The lowest BCUT2D eigenvalue weighted by Gasteiger charge is -2.13. The summed E-state index contributed by atoms with van der Waals surface area (Å²) < 4.78 is 9.42. The van der Waals surface area contributed by atoms with Crippen molar-refractivity contribution in [3.63, 3.8) is 0 Å². The van der Waals surface area contributed by atoms with E-state index in [0.717, 1.165) is 0 Å². The number of carbonyl (C=O) groups excluding carboxylic acids is 2. The molecule has 1 amide bonds. The number of rotatable bonds is 17. The van der Waals surface area contributed by atoms with Gasteiger partial charge in [-0.15, -0.1) is 20.2 Å². The monoisotopic (exact) mass is 396 g/mol. The molecule has 0 aromatic rings. The van der Waals surface area contributed by atoms with Gasteiger partial charge >= 0.3 is 6.09 Å². The first-order chi connectivity index (χ1) is 12.8. The maximum Gasteiger partial charge on any atom is 0.407 e. The molecule has 2 unspecified atom stereocenters. The van der Waals surface area contributed by atoms with E-state index in [-0.39, 0.29) is 19.5 Å². The number of nitrogens with one attached hydrogen (secondary N) is 1. The molecule has 0 aliphatic carbocycles. The highest BCUT2D eigenvalue weighted by molar-refractivity contribution is 5.66. The molecule has 0 aliphatic rings. The second kappa shape index (κ2) is 15.4. The van der Waals surface area contributed by atoms with Crippen molar-refractivity contribution in [2.24, 2.45) is 5.73 Å². The van der Waals surface area contributed by atoms with Crippen LogP contribution < -0.4 is 11.1 Å². The topological polar surface area (TPSA) is 195 Å². The Hall–Kier alpha value is -2.90. The molecule has 0 aromatic heterocycles. The number of unbranched alkanes of at least 4 members (excludes halogenated alkanes) is 2. The Balaban J connectivity index is 3.70. The van der Waals surface area contributed by atoms with Crippen LogP contribution in [0.1, 0.15) is 38.5 Å². The van der Waals surface area contributed by atoms with Gasteiger partial charge in [-0.3, -0.25) is 10.5 Å². The molecule has 0 saturated carbocycles. The van der Waals surface area contributed by atoms with Crippen LogP contribution in [0.2, 0.25) is 0 Å². The van der Waals surface area contributed by atoms with Gasteiger partial charge < -0.3 is 24.5 Å². The summed E-state index contributed by atoms with van der Waals surface area (Å²) >= 11 is 0. The van der Waals surface area contributed by atoms with E-state index >= 15 is 0 Å². The number of amides is 1. The van der Waals surface area contributed by atoms with Crippen LogP contribution in [0, 0.1) is 20.2 Å². The van der Waals surface area contributed by atoms with Crippen LogP contribution in [0.4, 0.5) is 4.79 Å². The zero-order chi connectivity index (χ0) is 20.5. The number of alkyl carbamates (subject to hydrolysis) is 1. The molecule has 0 spiro atoms. The van der Waals surface area contributed by atoms with Crippen molar-refractivity contribution < 1.29 is 38.9 Å². The third kappa shape index (κ3) is 16.3. The standard InChI is InChI=1S/C13H24N4O10/c14-12(25-10-18)6-1-3-7-15-13(19)24-8-4-2-5-11(27-17(22)23)9-26-16(20)21/h10-12H,1-9,14H2,(H,15,19). The molecule has 156 valence electrons. The average molecular weight is 396 g/mol. The fourth-order valence-electron chi connectivity index (χ4n) is 1.92. The SMILES string of the molecule is NC(CCCCNC(=O)OCCCCC(CO[N+](=O)[O-])O[N+](=O)[O-])OC=O. The van der Waals surface area contributed by atoms with Crippen molar-refractivity contribution in [3.05, 3.63) is 20.2 Å². The second-order valence-electron chi connectivity index (χ2n) is 5.30. The van der Waals surface area contributed by atoms with Gasteiger partial charge in [-0.2, -0.15) is 0 Å². The lowest BCUT2D eigenvalue weighted by atomic mass is 10.2. The van der Waals surface area contributed by atoms with Gasteiger partial charge in [0, 0.05) is 6.54 Å². The molecule has 0 fully saturated rings. The molecule has 0 bridgehead atoms. The van der Waals surface area contributed by atoms with Crippen molar-refractivity contribution in [3.8, 4) is 0 Å². The summed E-state index contributed by atoms with van der Waals surface area (Å²) in [6, 6.07) is 0. The highest BCUT2D eigenvalue weighted by Gasteiger charge is 2.15. The van der Waals surface area contributed by atoms with Crippen LogP contribution in [0.25, 0.3) is 0 Å². The van der Waals surface area contributed by atoms with E-state index in [1.807, 2.05) is 0 Å². The van der Waals surface area contributed by atoms with E-state index in [1.54, 1.807) is 0 Å². The molecule has 0 aliphatic heterocycles. The summed E-state index contributed by atoms with van der Waals surface area (Å²) in [6.07, 6.45) is 0.301. The fourth-order valence-corrected chi connectivity index (χ4v) is 1.92. The Morgan fingerprint density at radius 1 is 1.11 bits per heavy atom. The molecular formula is C13H24N4O10. The van der Waals surface area contributed by atoms with Crippen molar-refractivity contribution in [2.75, 3.05) is 19.8 Å². The maximum absolute atomic E-state index is 11.4. The van der Waals surface area contributed by atoms with E-state index < -0.39 is 35.2 Å². The Bertz CT molecular complexity index is 464. The van der Waals surface area contributed by atoms with Crippen LogP contribution >= 0.6 is 0 Å². The largest absolute Gasteiger partial charge is 0.450 e. The summed E-state index contributed by atoms with van der Waals surface area (Å²) in [4.78, 5) is 50.2. The van der Waals surface area contributed by atoms with Crippen LogP contribution in [0.15, 0.2) is 0 Å². The minimum Gasteiger partial charge on any atom is -0.450 e.